The molecule has 3 rings (SSSR count). The summed E-state index contributed by atoms with van der Waals surface area (Å²) in [5, 5.41) is 7.95. The lowest BCUT2D eigenvalue weighted by Gasteiger charge is -2.12. The summed E-state index contributed by atoms with van der Waals surface area (Å²) in [4.78, 5) is 7.65. The molecule has 0 aliphatic carbocycles. The van der Waals surface area contributed by atoms with E-state index >= 15 is 0 Å². The number of hydrogen-bond acceptors (Lipinski definition) is 2. The molecule has 142 valence electrons. The van der Waals surface area contributed by atoms with Crippen molar-refractivity contribution in [3.05, 3.63) is 71.4 Å². The van der Waals surface area contributed by atoms with Gasteiger partial charge in [-0.2, -0.15) is 0 Å². The van der Waals surface area contributed by atoms with Crippen LogP contribution in [0, 0.1) is 6.92 Å². The number of nitrogens with one attached hydrogen (secondary N) is 3. The summed E-state index contributed by atoms with van der Waals surface area (Å²) in [5.74, 6) is 0.800. The molecule has 0 spiro atoms. The van der Waals surface area contributed by atoms with Crippen molar-refractivity contribution in [2.24, 2.45) is 4.99 Å². The van der Waals surface area contributed by atoms with Crippen LogP contribution in [0.15, 0.2) is 59.7 Å². The molecule has 0 saturated carbocycles. The molecule has 0 aliphatic rings. The van der Waals surface area contributed by atoms with Crippen molar-refractivity contribution in [1.29, 1.82) is 0 Å². The van der Waals surface area contributed by atoms with Crippen molar-refractivity contribution in [1.82, 2.24) is 15.6 Å². The molecule has 1 aromatic heterocycles. The molecule has 0 bridgehead atoms. The lowest BCUT2D eigenvalue weighted by Crippen LogP contribution is -2.39. The molecule has 0 amide bonds. The van der Waals surface area contributed by atoms with Gasteiger partial charge in [-0.3, -0.25) is 4.99 Å². The van der Waals surface area contributed by atoms with E-state index in [9.17, 15) is 0 Å². The van der Waals surface area contributed by atoms with E-state index in [0.717, 1.165) is 25.5 Å². The molecule has 3 aromatic rings. The van der Waals surface area contributed by atoms with Gasteiger partial charge >= 0.3 is 0 Å². The number of aromatic amines is 1. The minimum atomic E-state index is 0.633. The minimum absolute atomic E-state index is 0.633. The Balaban J connectivity index is 1.37. The summed E-state index contributed by atoms with van der Waals surface area (Å²) in [6, 6.07) is 16.6. The molecule has 2 aromatic carbocycles. The molecule has 0 fully saturated rings. The predicted octanol–water partition coefficient (Wildman–Crippen LogP) is 3.40. The maximum Gasteiger partial charge on any atom is 0.191 e. The first-order chi connectivity index (χ1) is 13.3. The van der Waals surface area contributed by atoms with Crippen molar-refractivity contribution in [3.8, 4) is 0 Å². The van der Waals surface area contributed by atoms with Crippen LogP contribution in [0.25, 0.3) is 10.9 Å². The van der Waals surface area contributed by atoms with Crippen LogP contribution in [0.2, 0.25) is 0 Å². The van der Waals surface area contributed by atoms with Gasteiger partial charge < -0.3 is 20.4 Å². The third kappa shape index (κ3) is 5.34. The average molecular weight is 364 g/mol. The fourth-order valence-corrected chi connectivity index (χ4v) is 3.11. The zero-order valence-electron chi connectivity index (χ0n) is 16.1. The fraction of sp³-hybridized carbons (Fsp3) is 0.318. The Morgan fingerprint density at radius 1 is 1.04 bits per heavy atom. The third-order valence-electron chi connectivity index (χ3n) is 4.57. The van der Waals surface area contributed by atoms with Crippen LogP contribution in [0.3, 0.4) is 0 Å². The molecule has 0 aliphatic heterocycles. The summed E-state index contributed by atoms with van der Waals surface area (Å²) in [5.41, 5.74) is 5.02. The van der Waals surface area contributed by atoms with E-state index in [-0.39, 0.29) is 0 Å². The molecule has 27 heavy (non-hydrogen) atoms. The maximum absolute atomic E-state index is 5.69. The number of ether oxygens (including phenoxy) is 1. The Kier molecular flexibility index (Phi) is 6.88. The lowest BCUT2D eigenvalue weighted by atomic mass is 10.1. The van der Waals surface area contributed by atoms with Gasteiger partial charge in [0.25, 0.3) is 0 Å². The summed E-state index contributed by atoms with van der Waals surface area (Å²) in [6.45, 7) is 4.95. The van der Waals surface area contributed by atoms with Gasteiger partial charge in [0.15, 0.2) is 5.96 Å². The zero-order chi connectivity index (χ0) is 18.9. The van der Waals surface area contributed by atoms with Gasteiger partial charge in [0.05, 0.1) is 13.2 Å². The average Bonchev–Trinajstić information content (AvgIpc) is 3.11. The fourth-order valence-electron chi connectivity index (χ4n) is 3.11. The standard InChI is InChI=1S/C22H28N4O/c1-17-7-6-10-20-19(15-26-21(17)20)11-12-24-22(23-2)25-13-14-27-16-18-8-4-3-5-9-18/h3-10,15,26H,11-14,16H2,1-2H3,(H2,23,24,25). The largest absolute Gasteiger partial charge is 0.375 e. The highest BCUT2D eigenvalue weighted by Gasteiger charge is 2.05. The summed E-state index contributed by atoms with van der Waals surface area (Å²) < 4.78 is 5.69. The van der Waals surface area contributed by atoms with Crippen molar-refractivity contribution in [2.75, 3.05) is 26.7 Å². The Morgan fingerprint density at radius 3 is 2.67 bits per heavy atom. The van der Waals surface area contributed by atoms with E-state index in [1.54, 1.807) is 7.05 Å². The van der Waals surface area contributed by atoms with Crippen molar-refractivity contribution in [2.45, 2.75) is 20.0 Å². The number of nitrogens with zero attached hydrogens (tertiary/aromatic N) is 1. The first-order valence-electron chi connectivity index (χ1n) is 9.39. The number of rotatable bonds is 8. The van der Waals surface area contributed by atoms with Crippen LogP contribution in [-0.2, 0) is 17.8 Å². The Bertz CT molecular complexity index is 870. The molecule has 5 nitrogen and oxygen atoms in total. The molecule has 0 radical (unpaired) electrons. The topological polar surface area (TPSA) is 61.4 Å². The first-order valence-corrected chi connectivity index (χ1v) is 9.39. The molecular weight excluding hydrogens is 336 g/mol. The van der Waals surface area contributed by atoms with E-state index in [0.29, 0.717) is 13.2 Å². The highest BCUT2D eigenvalue weighted by molar-refractivity contribution is 5.86. The van der Waals surface area contributed by atoms with Crippen LogP contribution >= 0.6 is 0 Å². The number of para-hydroxylation sites is 1. The molecular formula is C22H28N4O. The maximum atomic E-state index is 5.69. The number of guanidine groups is 1. The highest BCUT2D eigenvalue weighted by Crippen LogP contribution is 2.21. The number of aryl methyl sites for hydroxylation is 1. The molecule has 0 atom stereocenters. The number of aromatic nitrogens is 1. The van der Waals surface area contributed by atoms with Gasteiger partial charge in [0.1, 0.15) is 0 Å². The van der Waals surface area contributed by atoms with Crippen LogP contribution in [0.1, 0.15) is 16.7 Å². The van der Waals surface area contributed by atoms with Crippen LogP contribution < -0.4 is 10.6 Å². The van der Waals surface area contributed by atoms with Gasteiger partial charge in [-0.15, -0.1) is 0 Å². The minimum Gasteiger partial charge on any atom is -0.375 e. The van der Waals surface area contributed by atoms with E-state index in [1.165, 1.54) is 27.6 Å². The molecule has 3 N–H and O–H groups in total. The van der Waals surface area contributed by atoms with Gasteiger partial charge in [-0.25, -0.2) is 0 Å². The van der Waals surface area contributed by atoms with Gasteiger partial charge in [-0.05, 0) is 30.0 Å². The van der Waals surface area contributed by atoms with Crippen LogP contribution in [0.4, 0.5) is 0 Å². The van der Waals surface area contributed by atoms with Gasteiger partial charge in [-0.1, -0.05) is 48.5 Å². The summed E-state index contributed by atoms with van der Waals surface area (Å²) >= 11 is 0. The van der Waals surface area contributed by atoms with Gasteiger partial charge in [0, 0.05) is 37.2 Å². The number of fused-ring (bicyclic) bond motifs is 1. The van der Waals surface area contributed by atoms with Crippen LogP contribution in [0.5, 0.6) is 0 Å². The normalized spacial score (nSPS) is 11.7. The zero-order valence-corrected chi connectivity index (χ0v) is 16.1. The lowest BCUT2D eigenvalue weighted by molar-refractivity contribution is 0.125. The van der Waals surface area contributed by atoms with E-state index in [4.69, 9.17) is 4.74 Å². The SMILES string of the molecule is CN=C(NCCOCc1ccccc1)NCCc1c[nH]c2c(C)cccc12. The highest BCUT2D eigenvalue weighted by atomic mass is 16.5. The molecule has 0 unspecified atom stereocenters. The molecule has 0 saturated heterocycles. The van der Waals surface area contributed by atoms with Crippen molar-refractivity contribution >= 4 is 16.9 Å². The number of aliphatic imine (C=N–C) groups is 1. The van der Waals surface area contributed by atoms with Crippen molar-refractivity contribution in [3.63, 3.8) is 0 Å². The summed E-state index contributed by atoms with van der Waals surface area (Å²) in [6.07, 6.45) is 3.04. The van der Waals surface area contributed by atoms with Gasteiger partial charge in [0.2, 0.25) is 0 Å². The smallest absolute Gasteiger partial charge is 0.191 e. The Hall–Kier alpha value is -2.79. The third-order valence-corrected chi connectivity index (χ3v) is 4.57. The first kappa shape index (κ1) is 19.0. The Morgan fingerprint density at radius 2 is 1.85 bits per heavy atom. The quantitative estimate of drug-likeness (QED) is 0.326. The van der Waals surface area contributed by atoms with E-state index in [1.807, 2.05) is 18.2 Å². The summed E-state index contributed by atoms with van der Waals surface area (Å²) in [7, 11) is 1.79. The van der Waals surface area contributed by atoms with Crippen LogP contribution in [-0.4, -0.2) is 37.7 Å². The second-order valence-corrected chi connectivity index (χ2v) is 6.53. The van der Waals surface area contributed by atoms with Crippen molar-refractivity contribution < 1.29 is 4.74 Å². The van der Waals surface area contributed by atoms with E-state index in [2.05, 4.69) is 64.1 Å². The van der Waals surface area contributed by atoms with E-state index < -0.39 is 0 Å². The molecule has 5 heteroatoms. The predicted molar refractivity (Wildman–Crippen MR) is 112 cm³/mol. The monoisotopic (exact) mass is 364 g/mol. The number of H-pyrrole nitrogens is 1. The number of hydrogen-bond donors (Lipinski definition) is 3. The second-order valence-electron chi connectivity index (χ2n) is 6.53. The molecule has 1 heterocycles. The second kappa shape index (κ2) is 9.78. The number of benzene rings is 2. The Labute approximate surface area is 160 Å².